The number of hydrogen-bond acceptors (Lipinski definition) is 2. The molecule has 0 aromatic carbocycles. The van der Waals surface area contributed by atoms with Crippen LogP contribution in [0, 0.1) is 0 Å². The fraction of sp³-hybridized carbons (Fsp3) is 0.875. The topological polar surface area (TPSA) is 0 Å². The standard InChI is InChI=1S/C8H16S2/c1-3-5-7-10-8(9)6-4-2/h3-7H2,1-2H3. The van der Waals surface area contributed by atoms with E-state index in [0.29, 0.717) is 0 Å². The van der Waals surface area contributed by atoms with Crippen molar-refractivity contribution in [1.29, 1.82) is 0 Å². The van der Waals surface area contributed by atoms with Crippen LogP contribution in [0.4, 0.5) is 0 Å². The van der Waals surface area contributed by atoms with Gasteiger partial charge in [-0.25, -0.2) is 0 Å². The van der Waals surface area contributed by atoms with E-state index in [1.165, 1.54) is 29.2 Å². The number of thioether (sulfide) groups is 1. The molecule has 0 radical (unpaired) electrons. The fourth-order valence-corrected chi connectivity index (χ4v) is 2.07. The van der Waals surface area contributed by atoms with Gasteiger partial charge in [-0.05, 0) is 18.6 Å². The molecule has 60 valence electrons. The third-order valence-electron chi connectivity index (χ3n) is 1.22. The van der Waals surface area contributed by atoms with Crippen LogP contribution in [0.25, 0.3) is 0 Å². The Morgan fingerprint density at radius 2 is 2.00 bits per heavy atom. The Labute approximate surface area is 73.8 Å². The van der Waals surface area contributed by atoms with Crippen molar-refractivity contribution in [2.75, 3.05) is 5.75 Å². The van der Waals surface area contributed by atoms with Crippen molar-refractivity contribution < 1.29 is 0 Å². The summed E-state index contributed by atoms with van der Waals surface area (Å²) in [6, 6.07) is 0. The molecule has 0 atom stereocenters. The first-order valence-electron chi connectivity index (χ1n) is 3.96. The maximum atomic E-state index is 5.13. The van der Waals surface area contributed by atoms with Crippen LogP contribution in [0.5, 0.6) is 0 Å². The van der Waals surface area contributed by atoms with Gasteiger partial charge < -0.3 is 0 Å². The van der Waals surface area contributed by atoms with Crippen molar-refractivity contribution >= 4 is 28.2 Å². The third kappa shape index (κ3) is 6.56. The van der Waals surface area contributed by atoms with Gasteiger partial charge in [0.2, 0.25) is 0 Å². The predicted molar refractivity (Wildman–Crippen MR) is 54.9 cm³/mol. The molecule has 0 aliphatic heterocycles. The predicted octanol–water partition coefficient (Wildman–Crippen LogP) is 3.65. The molecule has 0 saturated carbocycles. The molecular formula is C8H16S2. The minimum Gasteiger partial charge on any atom is -0.119 e. The van der Waals surface area contributed by atoms with Crippen LogP contribution in [0.1, 0.15) is 39.5 Å². The first-order chi connectivity index (χ1) is 4.81. The van der Waals surface area contributed by atoms with Crippen LogP contribution in [0.15, 0.2) is 0 Å². The molecule has 0 heterocycles. The van der Waals surface area contributed by atoms with E-state index in [0.717, 1.165) is 6.42 Å². The molecule has 0 aliphatic carbocycles. The van der Waals surface area contributed by atoms with Crippen molar-refractivity contribution in [1.82, 2.24) is 0 Å². The molecule has 0 bridgehead atoms. The Bertz CT molecular complexity index is 89.3. The van der Waals surface area contributed by atoms with Gasteiger partial charge in [0.1, 0.15) is 0 Å². The SMILES string of the molecule is CCCCSC(=S)CCC. The van der Waals surface area contributed by atoms with Gasteiger partial charge in [-0.1, -0.05) is 38.9 Å². The van der Waals surface area contributed by atoms with Crippen LogP contribution >= 0.6 is 24.0 Å². The number of thiocarbonyl (C=S) groups is 1. The summed E-state index contributed by atoms with van der Waals surface area (Å²) in [6.45, 7) is 4.39. The van der Waals surface area contributed by atoms with Crippen molar-refractivity contribution in [3.8, 4) is 0 Å². The highest BCUT2D eigenvalue weighted by molar-refractivity contribution is 8.23. The Morgan fingerprint density at radius 3 is 2.50 bits per heavy atom. The summed E-state index contributed by atoms with van der Waals surface area (Å²) in [6.07, 6.45) is 4.89. The molecule has 0 unspecified atom stereocenters. The molecule has 0 nitrogen and oxygen atoms in total. The zero-order valence-corrected chi connectivity index (χ0v) is 8.49. The molecule has 2 heteroatoms. The summed E-state index contributed by atoms with van der Waals surface area (Å²) < 4.78 is 1.19. The van der Waals surface area contributed by atoms with E-state index < -0.39 is 0 Å². The summed E-state index contributed by atoms with van der Waals surface area (Å²) >= 11 is 6.99. The van der Waals surface area contributed by atoms with Crippen molar-refractivity contribution in [2.24, 2.45) is 0 Å². The zero-order valence-electron chi connectivity index (χ0n) is 6.85. The maximum absolute atomic E-state index is 5.13. The molecule has 0 saturated heterocycles. The molecule has 10 heavy (non-hydrogen) atoms. The highest BCUT2D eigenvalue weighted by Gasteiger charge is 1.93. The largest absolute Gasteiger partial charge is 0.119 e. The zero-order chi connectivity index (χ0) is 7.82. The second-order valence-corrected chi connectivity index (χ2v) is 4.26. The monoisotopic (exact) mass is 176 g/mol. The second-order valence-electron chi connectivity index (χ2n) is 2.32. The highest BCUT2D eigenvalue weighted by atomic mass is 32.2. The molecule has 0 amide bonds. The number of rotatable bonds is 5. The molecule has 0 aromatic heterocycles. The van der Waals surface area contributed by atoms with Crippen molar-refractivity contribution in [3.05, 3.63) is 0 Å². The quantitative estimate of drug-likeness (QED) is 0.463. The lowest BCUT2D eigenvalue weighted by Gasteiger charge is -1.99. The summed E-state index contributed by atoms with van der Waals surface area (Å²) in [5, 5.41) is 0. The van der Waals surface area contributed by atoms with Crippen LogP contribution in [0.2, 0.25) is 0 Å². The molecule has 0 rings (SSSR count). The van der Waals surface area contributed by atoms with E-state index in [9.17, 15) is 0 Å². The Kier molecular flexibility index (Phi) is 7.88. The summed E-state index contributed by atoms with van der Waals surface area (Å²) in [7, 11) is 0. The van der Waals surface area contributed by atoms with E-state index >= 15 is 0 Å². The molecule has 0 fully saturated rings. The Balaban J connectivity index is 3.05. The molecule has 0 aliphatic rings. The summed E-state index contributed by atoms with van der Waals surface area (Å²) in [5.74, 6) is 1.22. The lowest BCUT2D eigenvalue weighted by Crippen LogP contribution is -1.88. The van der Waals surface area contributed by atoms with E-state index in [2.05, 4.69) is 13.8 Å². The molecule has 0 N–H and O–H groups in total. The lowest BCUT2D eigenvalue weighted by molar-refractivity contribution is 0.898. The van der Waals surface area contributed by atoms with Gasteiger partial charge in [0.05, 0.1) is 0 Å². The van der Waals surface area contributed by atoms with Gasteiger partial charge in [0.15, 0.2) is 0 Å². The minimum absolute atomic E-state index is 1.11. The molecular weight excluding hydrogens is 160 g/mol. The molecule has 0 spiro atoms. The van der Waals surface area contributed by atoms with Gasteiger partial charge in [0, 0.05) is 4.20 Å². The van der Waals surface area contributed by atoms with E-state index in [-0.39, 0.29) is 0 Å². The van der Waals surface area contributed by atoms with Gasteiger partial charge in [-0.3, -0.25) is 0 Å². The number of hydrogen-bond donors (Lipinski definition) is 0. The average molecular weight is 176 g/mol. The van der Waals surface area contributed by atoms with Crippen LogP contribution in [0.3, 0.4) is 0 Å². The average Bonchev–Trinajstić information content (AvgIpc) is 1.89. The Hall–Kier alpha value is 0.440. The smallest absolute Gasteiger partial charge is 0.0478 e. The van der Waals surface area contributed by atoms with Gasteiger partial charge in [0.25, 0.3) is 0 Å². The molecule has 0 aromatic rings. The van der Waals surface area contributed by atoms with Gasteiger partial charge in [-0.15, -0.1) is 11.8 Å². The summed E-state index contributed by atoms with van der Waals surface area (Å²) in [5.41, 5.74) is 0. The number of unbranched alkanes of at least 4 members (excludes halogenated alkanes) is 1. The fourth-order valence-electron chi connectivity index (χ4n) is 0.607. The van der Waals surface area contributed by atoms with Crippen molar-refractivity contribution in [2.45, 2.75) is 39.5 Å². The Morgan fingerprint density at radius 1 is 1.30 bits per heavy atom. The lowest BCUT2D eigenvalue weighted by atomic mass is 10.4. The van der Waals surface area contributed by atoms with E-state index in [4.69, 9.17) is 12.2 Å². The highest BCUT2D eigenvalue weighted by Crippen LogP contribution is 2.11. The maximum Gasteiger partial charge on any atom is 0.0478 e. The van der Waals surface area contributed by atoms with Gasteiger partial charge >= 0.3 is 0 Å². The first-order valence-corrected chi connectivity index (χ1v) is 5.36. The van der Waals surface area contributed by atoms with Crippen LogP contribution in [-0.4, -0.2) is 9.95 Å². The normalized spacial score (nSPS) is 9.80. The second kappa shape index (κ2) is 7.55. The van der Waals surface area contributed by atoms with E-state index in [1.807, 2.05) is 11.8 Å². The van der Waals surface area contributed by atoms with Gasteiger partial charge in [-0.2, -0.15) is 0 Å². The third-order valence-corrected chi connectivity index (χ3v) is 2.79. The van der Waals surface area contributed by atoms with Crippen molar-refractivity contribution in [3.63, 3.8) is 0 Å². The summed E-state index contributed by atoms with van der Waals surface area (Å²) in [4.78, 5) is 0. The van der Waals surface area contributed by atoms with Crippen LogP contribution < -0.4 is 0 Å². The van der Waals surface area contributed by atoms with E-state index in [1.54, 1.807) is 0 Å². The first kappa shape index (κ1) is 10.4. The van der Waals surface area contributed by atoms with Crippen LogP contribution in [-0.2, 0) is 0 Å². The minimum atomic E-state index is 1.11.